The Hall–Kier alpha value is -0.830. The summed E-state index contributed by atoms with van der Waals surface area (Å²) in [7, 11) is 0. The predicted octanol–water partition coefficient (Wildman–Crippen LogP) is 1.80. The molecule has 3 nitrogen and oxygen atoms in total. The van der Waals surface area contributed by atoms with Gasteiger partial charge < -0.3 is 10.4 Å². The number of carboxylic acid groups (broad SMARTS) is 1. The number of carbonyl (C=O) groups is 1. The van der Waals surface area contributed by atoms with Crippen molar-refractivity contribution in [3.8, 4) is 0 Å². The molecule has 0 spiro atoms. The summed E-state index contributed by atoms with van der Waals surface area (Å²) in [6.45, 7) is 6.73. The zero-order valence-corrected chi connectivity index (χ0v) is 8.63. The molecule has 0 rings (SSSR count). The first-order valence-electron chi connectivity index (χ1n) is 4.69. The van der Waals surface area contributed by atoms with Crippen molar-refractivity contribution < 1.29 is 9.90 Å². The molecule has 1 unspecified atom stereocenters. The van der Waals surface area contributed by atoms with Crippen LogP contribution in [-0.2, 0) is 4.79 Å². The van der Waals surface area contributed by atoms with Crippen LogP contribution in [0.3, 0.4) is 0 Å². The number of aliphatic carboxylic acids is 1. The largest absolute Gasteiger partial charge is 0.478 e. The number of hydrogen-bond donors (Lipinski definition) is 2. The maximum Gasteiger partial charge on any atom is 0.328 e. The molecule has 0 aliphatic carbocycles. The van der Waals surface area contributed by atoms with Crippen molar-refractivity contribution in [2.45, 2.75) is 39.7 Å². The molecule has 0 aliphatic rings. The van der Waals surface area contributed by atoms with Crippen molar-refractivity contribution >= 4 is 5.97 Å². The highest BCUT2D eigenvalue weighted by Crippen LogP contribution is 1.96. The lowest BCUT2D eigenvalue weighted by molar-refractivity contribution is -0.131. The summed E-state index contributed by atoms with van der Waals surface area (Å²) >= 11 is 0. The van der Waals surface area contributed by atoms with Crippen LogP contribution in [0.25, 0.3) is 0 Å². The first kappa shape index (κ1) is 12.2. The van der Waals surface area contributed by atoms with Gasteiger partial charge in [0, 0.05) is 18.7 Å². The van der Waals surface area contributed by atoms with Gasteiger partial charge in [-0.15, -0.1) is 0 Å². The SMILES string of the molecule is CCCC(C)NCC(C)=CC(=O)O. The van der Waals surface area contributed by atoms with E-state index >= 15 is 0 Å². The smallest absolute Gasteiger partial charge is 0.328 e. The van der Waals surface area contributed by atoms with E-state index in [1.807, 2.05) is 6.92 Å². The molecule has 0 radical (unpaired) electrons. The van der Waals surface area contributed by atoms with Gasteiger partial charge in [-0.05, 0) is 20.3 Å². The van der Waals surface area contributed by atoms with Gasteiger partial charge in [0.1, 0.15) is 0 Å². The third-order valence-corrected chi connectivity index (χ3v) is 1.82. The van der Waals surface area contributed by atoms with Gasteiger partial charge in [-0.1, -0.05) is 18.9 Å². The van der Waals surface area contributed by atoms with Crippen LogP contribution in [0.4, 0.5) is 0 Å². The highest BCUT2D eigenvalue weighted by molar-refractivity contribution is 5.80. The average molecular weight is 185 g/mol. The van der Waals surface area contributed by atoms with Crippen molar-refractivity contribution in [1.82, 2.24) is 5.32 Å². The number of hydrogen-bond acceptors (Lipinski definition) is 2. The quantitative estimate of drug-likeness (QED) is 0.620. The first-order valence-corrected chi connectivity index (χ1v) is 4.69. The summed E-state index contributed by atoms with van der Waals surface area (Å²) in [5, 5.41) is 11.7. The van der Waals surface area contributed by atoms with Gasteiger partial charge in [-0.25, -0.2) is 4.79 Å². The van der Waals surface area contributed by atoms with Crippen molar-refractivity contribution in [3.63, 3.8) is 0 Å². The van der Waals surface area contributed by atoms with Crippen molar-refractivity contribution in [1.29, 1.82) is 0 Å². The van der Waals surface area contributed by atoms with Crippen molar-refractivity contribution in [3.05, 3.63) is 11.6 Å². The predicted molar refractivity (Wildman–Crippen MR) is 53.8 cm³/mol. The van der Waals surface area contributed by atoms with Gasteiger partial charge in [-0.2, -0.15) is 0 Å². The monoisotopic (exact) mass is 185 g/mol. The summed E-state index contributed by atoms with van der Waals surface area (Å²) in [6, 6.07) is 0.460. The van der Waals surface area contributed by atoms with E-state index in [-0.39, 0.29) is 0 Å². The standard InChI is InChI=1S/C10H19NO2/c1-4-5-9(3)11-7-8(2)6-10(12)13/h6,9,11H,4-5,7H2,1-3H3,(H,12,13). The molecule has 0 bridgehead atoms. The van der Waals surface area contributed by atoms with E-state index in [0.717, 1.165) is 18.4 Å². The maximum absolute atomic E-state index is 10.3. The van der Waals surface area contributed by atoms with Crippen molar-refractivity contribution in [2.75, 3.05) is 6.54 Å². The second kappa shape index (κ2) is 6.66. The summed E-state index contributed by atoms with van der Waals surface area (Å²) in [5.74, 6) is -0.873. The highest BCUT2D eigenvalue weighted by atomic mass is 16.4. The molecule has 0 aliphatic heterocycles. The second-order valence-electron chi connectivity index (χ2n) is 3.40. The second-order valence-corrected chi connectivity index (χ2v) is 3.40. The van der Waals surface area contributed by atoms with Gasteiger partial charge in [0.2, 0.25) is 0 Å². The van der Waals surface area contributed by atoms with E-state index in [2.05, 4.69) is 19.2 Å². The number of nitrogens with one attached hydrogen (secondary N) is 1. The molecule has 0 saturated carbocycles. The normalized spacial score (nSPS) is 14.2. The topological polar surface area (TPSA) is 49.3 Å². The lowest BCUT2D eigenvalue weighted by atomic mass is 10.2. The highest BCUT2D eigenvalue weighted by Gasteiger charge is 1.99. The molecular formula is C10H19NO2. The Balaban J connectivity index is 3.69. The van der Waals surface area contributed by atoms with Crippen LogP contribution >= 0.6 is 0 Å². The molecule has 0 amide bonds. The maximum atomic E-state index is 10.3. The number of carboxylic acids is 1. The van der Waals surface area contributed by atoms with Crippen LogP contribution < -0.4 is 5.32 Å². The molecule has 1 atom stereocenters. The van der Waals surface area contributed by atoms with E-state index in [1.54, 1.807) is 0 Å². The minimum Gasteiger partial charge on any atom is -0.478 e. The molecule has 0 aromatic heterocycles. The van der Waals surface area contributed by atoms with Gasteiger partial charge in [0.15, 0.2) is 0 Å². The van der Waals surface area contributed by atoms with Gasteiger partial charge in [0.25, 0.3) is 0 Å². The summed E-state index contributed by atoms with van der Waals surface area (Å²) in [4.78, 5) is 10.3. The van der Waals surface area contributed by atoms with E-state index in [4.69, 9.17) is 5.11 Å². The third-order valence-electron chi connectivity index (χ3n) is 1.82. The van der Waals surface area contributed by atoms with Gasteiger partial charge in [0.05, 0.1) is 0 Å². The van der Waals surface area contributed by atoms with Crippen LogP contribution in [-0.4, -0.2) is 23.7 Å². The van der Waals surface area contributed by atoms with E-state index in [9.17, 15) is 4.79 Å². The fraction of sp³-hybridized carbons (Fsp3) is 0.700. The van der Waals surface area contributed by atoms with Gasteiger partial charge in [-0.3, -0.25) is 0 Å². The molecule has 0 heterocycles. The van der Waals surface area contributed by atoms with Gasteiger partial charge >= 0.3 is 5.97 Å². The lowest BCUT2D eigenvalue weighted by Gasteiger charge is -2.12. The Labute approximate surface area is 79.8 Å². The Morgan fingerprint density at radius 3 is 2.69 bits per heavy atom. The number of rotatable bonds is 6. The molecular weight excluding hydrogens is 166 g/mol. The van der Waals surface area contributed by atoms with E-state index in [0.29, 0.717) is 12.6 Å². The molecule has 13 heavy (non-hydrogen) atoms. The zero-order chi connectivity index (χ0) is 10.3. The fourth-order valence-corrected chi connectivity index (χ4v) is 1.13. The lowest BCUT2D eigenvalue weighted by Crippen LogP contribution is -2.27. The molecule has 0 aromatic rings. The Kier molecular flexibility index (Phi) is 6.24. The zero-order valence-electron chi connectivity index (χ0n) is 8.63. The summed E-state index contributed by atoms with van der Waals surface area (Å²) < 4.78 is 0. The fourth-order valence-electron chi connectivity index (χ4n) is 1.13. The Morgan fingerprint density at radius 1 is 1.62 bits per heavy atom. The Bertz CT molecular complexity index is 187. The van der Waals surface area contributed by atoms with Crippen molar-refractivity contribution in [2.24, 2.45) is 0 Å². The van der Waals surface area contributed by atoms with Crippen LogP contribution in [0, 0.1) is 0 Å². The summed E-state index contributed by atoms with van der Waals surface area (Å²) in [6.07, 6.45) is 3.52. The third kappa shape index (κ3) is 7.53. The van der Waals surface area contributed by atoms with Crippen LogP contribution in [0.15, 0.2) is 11.6 Å². The van der Waals surface area contributed by atoms with E-state index in [1.165, 1.54) is 6.08 Å². The molecule has 76 valence electrons. The Morgan fingerprint density at radius 2 is 2.23 bits per heavy atom. The molecule has 3 heteroatoms. The minimum absolute atomic E-state index is 0.460. The minimum atomic E-state index is -0.873. The first-order chi connectivity index (χ1) is 6.06. The molecule has 0 saturated heterocycles. The van der Waals surface area contributed by atoms with Crippen LogP contribution in [0.2, 0.25) is 0 Å². The molecule has 2 N–H and O–H groups in total. The van der Waals surface area contributed by atoms with Crippen LogP contribution in [0.1, 0.15) is 33.6 Å². The molecule has 0 aromatic carbocycles. The van der Waals surface area contributed by atoms with Crippen LogP contribution in [0.5, 0.6) is 0 Å². The van der Waals surface area contributed by atoms with E-state index < -0.39 is 5.97 Å². The summed E-state index contributed by atoms with van der Waals surface area (Å²) in [5.41, 5.74) is 0.857. The molecule has 0 fully saturated rings. The average Bonchev–Trinajstić information content (AvgIpc) is 2.00.